The molecule has 2 aromatic carbocycles. The highest BCUT2D eigenvalue weighted by Crippen LogP contribution is 2.25. The van der Waals surface area contributed by atoms with Crippen LogP contribution in [-0.4, -0.2) is 0 Å². The van der Waals surface area contributed by atoms with Gasteiger partial charge in [-0.15, -0.1) is 0 Å². The minimum Gasteiger partial charge on any atom is -0.450 e. The second-order valence-corrected chi connectivity index (χ2v) is 4.98. The Kier molecular flexibility index (Phi) is 2.79. The summed E-state index contributed by atoms with van der Waals surface area (Å²) in [5, 5.41) is 2.42. The van der Waals surface area contributed by atoms with Crippen LogP contribution in [0.4, 0.5) is 0 Å². The summed E-state index contributed by atoms with van der Waals surface area (Å²) in [4.78, 5) is 0. The molecule has 0 aliphatic rings. The minimum absolute atomic E-state index is 0.846. The molecule has 2 heterocycles. The Balaban J connectivity index is 1.90. The van der Waals surface area contributed by atoms with Crippen LogP contribution in [0.5, 0.6) is 11.5 Å². The first-order valence-corrected chi connectivity index (χ1v) is 6.96. The van der Waals surface area contributed by atoms with E-state index in [2.05, 4.69) is 40.9 Å². The highest BCUT2D eigenvalue weighted by molar-refractivity contribution is 5.84. The molecule has 0 bridgehead atoms. The highest BCUT2D eigenvalue weighted by Gasteiger charge is 2.11. The van der Waals surface area contributed by atoms with Gasteiger partial charge in [0.15, 0.2) is 18.1 Å². The second-order valence-electron chi connectivity index (χ2n) is 4.98. The smallest absolute Gasteiger partial charge is 0.254 e. The number of ether oxygens (including phenoxy) is 1. The van der Waals surface area contributed by atoms with Crippen LogP contribution in [0.3, 0.4) is 0 Å². The fourth-order valence-electron chi connectivity index (χ4n) is 2.53. The summed E-state index contributed by atoms with van der Waals surface area (Å²) >= 11 is 0. The molecule has 0 atom stereocenters. The molecule has 0 saturated carbocycles. The maximum atomic E-state index is 6.02. The minimum atomic E-state index is 0.846. The van der Waals surface area contributed by atoms with Gasteiger partial charge in [0.05, 0.1) is 0 Å². The van der Waals surface area contributed by atoms with Crippen LogP contribution in [0.2, 0.25) is 0 Å². The number of hydrogen-bond acceptors (Lipinski definition) is 1. The van der Waals surface area contributed by atoms with E-state index in [-0.39, 0.29) is 0 Å². The lowest BCUT2D eigenvalue weighted by Gasteiger charge is -2.05. The molecule has 0 fully saturated rings. The molecule has 100 valence electrons. The molecular weight excluding hydrogens is 258 g/mol. The number of benzene rings is 2. The van der Waals surface area contributed by atoms with Gasteiger partial charge in [-0.2, -0.15) is 4.40 Å². The van der Waals surface area contributed by atoms with Crippen molar-refractivity contribution in [3.8, 4) is 11.5 Å². The van der Waals surface area contributed by atoms with E-state index >= 15 is 0 Å². The van der Waals surface area contributed by atoms with Crippen LogP contribution in [0.1, 0.15) is 0 Å². The Hall–Kier alpha value is -2.87. The SMILES string of the molecule is c1ccc(Oc2ccc[n+]3cc4ccccc4cc23)cc1. The lowest BCUT2D eigenvalue weighted by Crippen LogP contribution is -2.20. The topological polar surface area (TPSA) is 13.3 Å². The zero-order chi connectivity index (χ0) is 14.1. The number of para-hydroxylation sites is 1. The molecule has 0 radical (unpaired) electrons. The molecular formula is C19H14NO+. The second kappa shape index (κ2) is 4.91. The first-order chi connectivity index (χ1) is 10.4. The first kappa shape index (κ1) is 11.9. The van der Waals surface area contributed by atoms with Crippen LogP contribution in [0.15, 0.2) is 85.2 Å². The van der Waals surface area contributed by atoms with Gasteiger partial charge in [-0.05, 0) is 29.7 Å². The van der Waals surface area contributed by atoms with E-state index in [9.17, 15) is 0 Å². The summed E-state index contributed by atoms with van der Waals surface area (Å²) in [6, 6.07) is 24.4. The van der Waals surface area contributed by atoms with Crippen molar-refractivity contribution >= 4 is 16.3 Å². The number of rotatable bonds is 2. The molecule has 0 N–H and O–H groups in total. The number of nitrogens with zero attached hydrogens (tertiary/aromatic N) is 1. The quantitative estimate of drug-likeness (QED) is 0.390. The first-order valence-electron chi connectivity index (χ1n) is 6.96. The Morgan fingerprint density at radius 1 is 0.714 bits per heavy atom. The Bertz CT molecular complexity index is 916. The number of pyridine rings is 2. The molecule has 2 nitrogen and oxygen atoms in total. The van der Waals surface area contributed by atoms with Gasteiger partial charge in [-0.25, -0.2) is 0 Å². The lowest BCUT2D eigenvalue weighted by molar-refractivity contribution is -0.510. The fourth-order valence-corrected chi connectivity index (χ4v) is 2.53. The summed E-state index contributed by atoms with van der Waals surface area (Å²) in [5.41, 5.74) is 1.06. The van der Waals surface area contributed by atoms with Crippen LogP contribution >= 0.6 is 0 Å². The van der Waals surface area contributed by atoms with Crippen molar-refractivity contribution in [2.75, 3.05) is 0 Å². The standard InChI is InChI=1S/C19H14NO/c1-2-9-17(10-3-1)21-19-11-6-12-20-14-16-8-5-4-7-15(16)13-18(19)20/h1-14H/q+1. The Morgan fingerprint density at radius 2 is 1.48 bits per heavy atom. The van der Waals surface area contributed by atoms with E-state index in [1.807, 2.05) is 48.7 Å². The van der Waals surface area contributed by atoms with Gasteiger partial charge in [0.25, 0.3) is 5.52 Å². The third-order valence-electron chi connectivity index (χ3n) is 3.56. The van der Waals surface area contributed by atoms with Crippen molar-refractivity contribution in [3.05, 3.63) is 85.2 Å². The molecule has 4 aromatic rings. The third-order valence-corrected chi connectivity index (χ3v) is 3.56. The van der Waals surface area contributed by atoms with Gasteiger partial charge in [-0.3, -0.25) is 0 Å². The van der Waals surface area contributed by atoms with E-state index in [0.29, 0.717) is 0 Å². The lowest BCUT2D eigenvalue weighted by atomic mass is 10.1. The molecule has 0 aliphatic carbocycles. The van der Waals surface area contributed by atoms with Crippen LogP contribution in [0.25, 0.3) is 16.3 Å². The Morgan fingerprint density at radius 3 is 2.33 bits per heavy atom. The van der Waals surface area contributed by atoms with Gasteiger partial charge >= 0.3 is 0 Å². The van der Waals surface area contributed by atoms with Crippen LogP contribution in [-0.2, 0) is 0 Å². The molecule has 0 unspecified atom stereocenters. The van der Waals surface area contributed by atoms with Crippen molar-refractivity contribution in [1.82, 2.24) is 0 Å². The van der Waals surface area contributed by atoms with Crippen molar-refractivity contribution in [1.29, 1.82) is 0 Å². The zero-order valence-corrected chi connectivity index (χ0v) is 11.4. The van der Waals surface area contributed by atoms with Crippen molar-refractivity contribution in [2.45, 2.75) is 0 Å². The monoisotopic (exact) mass is 272 g/mol. The van der Waals surface area contributed by atoms with Gasteiger partial charge in [0, 0.05) is 17.5 Å². The molecule has 0 amide bonds. The molecule has 0 aliphatic heterocycles. The Labute approximate surface area is 122 Å². The molecule has 4 rings (SSSR count). The molecule has 0 spiro atoms. The molecule has 2 heteroatoms. The average molecular weight is 272 g/mol. The van der Waals surface area contributed by atoms with Crippen molar-refractivity contribution < 1.29 is 9.14 Å². The van der Waals surface area contributed by atoms with E-state index < -0.39 is 0 Å². The number of fused-ring (bicyclic) bond motifs is 2. The average Bonchev–Trinajstić information content (AvgIpc) is 2.54. The predicted octanol–water partition coefficient (Wildman–Crippen LogP) is 4.37. The maximum Gasteiger partial charge on any atom is 0.254 e. The van der Waals surface area contributed by atoms with Crippen molar-refractivity contribution in [3.63, 3.8) is 0 Å². The van der Waals surface area contributed by atoms with E-state index in [1.165, 1.54) is 10.8 Å². The zero-order valence-electron chi connectivity index (χ0n) is 11.4. The maximum absolute atomic E-state index is 6.02. The molecule has 2 aromatic heterocycles. The van der Waals surface area contributed by atoms with Crippen molar-refractivity contribution in [2.24, 2.45) is 0 Å². The summed E-state index contributed by atoms with van der Waals surface area (Å²) in [5.74, 6) is 1.70. The molecule has 21 heavy (non-hydrogen) atoms. The fraction of sp³-hybridized carbons (Fsp3) is 0. The summed E-state index contributed by atoms with van der Waals surface area (Å²) in [6.45, 7) is 0. The summed E-state index contributed by atoms with van der Waals surface area (Å²) < 4.78 is 8.12. The van der Waals surface area contributed by atoms with E-state index in [1.54, 1.807) is 0 Å². The summed E-state index contributed by atoms with van der Waals surface area (Å²) in [6.07, 6.45) is 4.17. The highest BCUT2D eigenvalue weighted by atomic mass is 16.5. The predicted molar refractivity (Wildman–Crippen MR) is 83.6 cm³/mol. The van der Waals surface area contributed by atoms with Crippen LogP contribution in [0, 0.1) is 0 Å². The van der Waals surface area contributed by atoms with Gasteiger partial charge < -0.3 is 4.74 Å². The van der Waals surface area contributed by atoms with Gasteiger partial charge in [-0.1, -0.05) is 36.4 Å². The molecule has 0 saturated heterocycles. The summed E-state index contributed by atoms with van der Waals surface area (Å²) in [7, 11) is 0. The third kappa shape index (κ3) is 2.21. The normalized spacial score (nSPS) is 10.9. The van der Waals surface area contributed by atoms with Crippen LogP contribution < -0.4 is 9.14 Å². The van der Waals surface area contributed by atoms with E-state index in [4.69, 9.17) is 4.74 Å². The number of aromatic nitrogens is 1. The van der Waals surface area contributed by atoms with Gasteiger partial charge in [0.1, 0.15) is 5.75 Å². The largest absolute Gasteiger partial charge is 0.450 e. The van der Waals surface area contributed by atoms with E-state index in [0.717, 1.165) is 17.0 Å². The van der Waals surface area contributed by atoms with Gasteiger partial charge in [0.2, 0.25) is 0 Å². The number of hydrogen-bond donors (Lipinski definition) is 0.